The Hall–Kier alpha value is 2.86. The van der Waals surface area contributed by atoms with Crippen molar-refractivity contribution in [3.05, 3.63) is 0 Å². The molecule has 0 bridgehead atoms. The zero-order valence-electron chi connectivity index (χ0n) is 9.39. The second kappa shape index (κ2) is 17.9. The average Bonchev–Trinajstić information content (AvgIpc) is 1.86. The standard InChI is InChI=1S/C2H2ClF3.C2H3F3S.ClH.2Na.H2S.H2.H/c3-1-2(4,5)6;3-2(4,5)1-6;;;;;;/h1H2;6H,1H2;1H;;;1H2;1H;/q;;;2*+1;;;-1/p-1/i;;;;;;1+1;. The van der Waals surface area contributed by atoms with Crippen molar-refractivity contribution in [3.63, 3.8) is 0 Å². The molecular formula is C4H10Cl2F6Na2S2. The molecule has 0 atom stereocenters. The molecule has 0 aliphatic heterocycles. The van der Waals surface area contributed by atoms with Gasteiger partial charge < -0.3 is 13.8 Å². The van der Waals surface area contributed by atoms with E-state index in [1.165, 1.54) is 0 Å². The summed E-state index contributed by atoms with van der Waals surface area (Å²) < 4.78 is 64.1. The van der Waals surface area contributed by atoms with Crippen LogP contribution in [0.15, 0.2) is 0 Å². The predicted molar refractivity (Wildman–Crippen MR) is 50.3 cm³/mol. The van der Waals surface area contributed by atoms with E-state index in [2.05, 4.69) is 24.2 Å². The Morgan fingerprint density at radius 1 is 1.00 bits per heavy atom. The van der Waals surface area contributed by atoms with Crippen LogP contribution in [0.1, 0.15) is 2.85 Å². The van der Waals surface area contributed by atoms with Gasteiger partial charge in [-0.1, -0.05) is 0 Å². The monoisotopic (exact) mass is 353 g/mol. The molecule has 0 heterocycles. The van der Waals surface area contributed by atoms with E-state index in [4.69, 9.17) is 0 Å². The molecule has 0 aromatic heterocycles. The van der Waals surface area contributed by atoms with Crippen LogP contribution in [-0.2, 0) is 0 Å². The number of rotatable bonds is 0. The van der Waals surface area contributed by atoms with E-state index >= 15 is 0 Å². The maximum absolute atomic E-state index is 10.7. The van der Waals surface area contributed by atoms with Gasteiger partial charge in [-0.05, 0) is 0 Å². The van der Waals surface area contributed by atoms with Gasteiger partial charge in [0.15, 0.2) is 0 Å². The van der Waals surface area contributed by atoms with Crippen LogP contribution in [-0.4, -0.2) is 24.0 Å². The Morgan fingerprint density at radius 3 is 1.12 bits per heavy atom. The fourth-order valence-electron chi connectivity index (χ4n) is 0. The van der Waals surface area contributed by atoms with Crippen LogP contribution in [0.2, 0.25) is 0 Å². The van der Waals surface area contributed by atoms with Gasteiger partial charge in [0.2, 0.25) is 0 Å². The molecule has 0 amide bonds. The first-order valence-corrected chi connectivity index (χ1v) is 3.59. The van der Waals surface area contributed by atoms with Crippen molar-refractivity contribution in [1.29, 1.82) is 0 Å². The summed E-state index contributed by atoms with van der Waals surface area (Å²) in [6.07, 6.45) is -8.29. The van der Waals surface area contributed by atoms with Crippen LogP contribution in [0, 0.1) is 0 Å². The molecular weight excluding hydrogens is 343 g/mol. The Bertz CT molecular complexity index is 117. The Balaban J connectivity index is -0.0000000139. The minimum absolute atomic E-state index is 0. The molecule has 0 unspecified atom stereocenters. The predicted octanol–water partition coefficient (Wildman–Crippen LogP) is -5.25. The maximum atomic E-state index is 10.7. The van der Waals surface area contributed by atoms with E-state index in [-0.39, 0.29) is 87.9 Å². The molecule has 12 heteroatoms. The summed E-state index contributed by atoms with van der Waals surface area (Å²) in [6, 6.07) is 0. The maximum Gasteiger partial charge on any atom is 1.00 e. The molecule has 0 aliphatic carbocycles. The normalized spacial score (nSPS) is 9.00. The van der Waals surface area contributed by atoms with Crippen LogP contribution in [0.5, 0.6) is 0 Å². The van der Waals surface area contributed by atoms with E-state index in [0.29, 0.717) is 0 Å². The summed E-state index contributed by atoms with van der Waals surface area (Å²) in [5, 5.41) is 0. The van der Waals surface area contributed by atoms with Crippen molar-refractivity contribution in [2.24, 2.45) is 0 Å². The molecule has 0 aromatic rings. The smallest absolute Gasteiger partial charge is 1.00 e. The largest absolute Gasteiger partial charge is 1.00 e. The van der Waals surface area contributed by atoms with Gasteiger partial charge in [-0.2, -0.15) is 52.5 Å². The molecule has 0 fully saturated rings. The SMILES string of the molecule is FC(F)(F)CCl.FC(F)(F)CS.S.[2HH].[Cl-].[H-].[Na+].[Na+]. The summed E-state index contributed by atoms with van der Waals surface area (Å²) in [6.45, 7) is 0. The van der Waals surface area contributed by atoms with Crippen LogP contribution in [0.4, 0.5) is 26.3 Å². The zero-order chi connectivity index (χ0) is 10.4. The Labute approximate surface area is 160 Å². The summed E-state index contributed by atoms with van der Waals surface area (Å²) >= 11 is 7.33. The van der Waals surface area contributed by atoms with E-state index in [1.54, 1.807) is 0 Å². The Kier molecular flexibility index (Phi) is 40.6. The first kappa shape index (κ1) is 36.4. The van der Waals surface area contributed by atoms with Gasteiger partial charge in [0, 0.05) is 1.43 Å². The summed E-state index contributed by atoms with van der Waals surface area (Å²) in [7, 11) is 0. The average molecular weight is 354 g/mol. The molecule has 0 spiro atoms. The minimum Gasteiger partial charge on any atom is -1.00 e. The number of alkyl halides is 7. The topological polar surface area (TPSA) is 0 Å². The minimum atomic E-state index is -4.19. The fourth-order valence-corrected chi connectivity index (χ4v) is 0. The van der Waals surface area contributed by atoms with Gasteiger partial charge >= 0.3 is 71.5 Å². The van der Waals surface area contributed by atoms with Gasteiger partial charge in [-0.25, -0.2) is 0 Å². The molecule has 0 saturated heterocycles. The Morgan fingerprint density at radius 2 is 1.12 bits per heavy atom. The van der Waals surface area contributed by atoms with E-state index < -0.39 is 24.0 Å². The second-order valence-corrected chi connectivity index (χ2v) is 2.11. The van der Waals surface area contributed by atoms with Crippen LogP contribution >= 0.6 is 37.7 Å². The van der Waals surface area contributed by atoms with E-state index in [0.717, 1.165) is 0 Å². The van der Waals surface area contributed by atoms with Crippen molar-refractivity contribution in [2.75, 3.05) is 11.6 Å². The molecule has 0 aromatic carbocycles. The number of thiol groups is 1. The van der Waals surface area contributed by atoms with Crippen molar-refractivity contribution < 1.29 is 101 Å². The third-order valence-corrected chi connectivity index (χ3v) is 0.992. The molecule has 0 rings (SSSR count). The quantitative estimate of drug-likeness (QED) is 0.191. The van der Waals surface area contributed by atoms with Crippen molar-refractivity contribution in [3.8, 4) is 0 Å². The summed E-state index contributed by atoms with van der Waals surface area (Å²) in [5.74, 6) is -2.29. The van der Waals surface area contributed by atoms with Crippen LogP contribution in [0.25, 0.3) is 0 Å². The molecule has 0 radical (unpaired) electrons. The summed E-state index contributed by atoms with van der Waals surface area (Å²) in [5.41, 5.74) is 0. The van der Waals surface area contributed by atoms with Gasteiger partial charge in [0.05, 0.1) is 5.75 Å². The summed E-state index contributed by atoms with van der Waals surface area (Å²) in [4.78, 5) is 0. The molecule has 16 heavy (non-hydrogen) atoms. The number of hydrogen-bond donors (Lipinski definition) is 1. The second-order valence-electron chi connectivity index (χ2n) is 1.52. The first-order chi connectivity index (χ1) is 5.12. The molecule has 0 nitrogen and oxygen atoms in total. The van der Waals surface area contributed by atoms with Gasteiger partial charge in [0.25, 0.3) is 0 Å². The van der Waals surface area contributed by atoms with Crippen molar-refractivity contribution in [1.82, 2.24) is 0 Å². The van der Waals surface area contributed by atoms with Gasteiger partial charge in [-0.3, -0.25) is 0 Å². The molecule has 0 aliphatic rings. The molecule has 96 valence electrons. The third kappa shape index (κ3) is 54.0. The van der Waals surface area contributed by atoms with Gasteiger partial charge in [-0.15, -0.1) is 11.6 Å². The van der Waals surface area contributed by atoms with E-state index in [9.17, 15) is 26.3 Å². The molecule has 0 saturated carbocycles. The van der Waals surface area contributed by atoms with Gasteiger partial charge in [0.1, 0.15) is 5.88 Å². The number of halogens is 8. The van der Waals surface area contributed by atoms with Crippen molar-refractivity contribution in [2.45, 2.75) is 12.4 Å². The first-order valence-electron chi connectivity index (χ1n) is 2.42. The van der Waals surface area contributed by atoms with E-state index in [1.807, 2.05) is 0 Å². The number of hydrogen-bond acceptors (Lipinski definition) is 1. The molecule has 0 N–H and O–H groups in total. The van der Waals surface area contributed by atoms with Crippen LogP contribution in [0.3, 0.4) is 0 Å². The van der Waals surface area contributed by atoms with Crippen LogP contribution < -0.4 is 71.5 Å². The zero-order valence-corrected chi connectivity index (χ0v) is 15.8. The third-order valence-electron chi connectivity index (χ3n) is 0.331. The van der Waals surface area contributed by atoms with Crippen molar-refractivity contribution >= 4 is 37.7 Å². The fraction of sp³-hybridized carbons (Fsp3) is 1.00.